The zero-order chi connectivity index (χ0) is 23.6. The molecule has 0 aliphatic rings. The van der Waals surface area contributed by atoms with Crippen LogP contribution in [-0.2, 0) is 21.2 Å². The van der Waals surface area contributed by atoms with Gasteiger partial charge in [-0.05, 0) is 60.4 Å². The molecule has 0 aliphatic heterocycles. The Hall–Kier alpha value is -2.89. The first-order chi connectivity index (χ1) is 15.0. The third-order valence-corrected chi connectivity index (χ3v) is 7.04. The Morgan fingerprint density at radius 1 is 1.28 bits per heavy atom. The number of rotatable bonds is 8. The van der Waals surface area contributed by atoms with Crippen LogP contribution in [0.3, 0.4) is 0 Å². The van der Waals surface area contributed by atoms with Crippen molar-refractivity contribution in [1.29, 1.82) is 0 Å². The summed E-state index contributed by atoms with van der Waals surface area (Å²) < 4.78 is 43.9. The number of H-pyrrole nitrogens is 1. The van der Waals surface area contributed by atoms with Crippen LogP contribution in [0.5, 0.6) is 0 Å². The number of carbonyl (C=O) groups is 1. The van der Waals surface area contributed by atoms with E-state index >= 15 is 0 Å². The summed E-state index contributed by atoms with van der Waals surface area (Å²) in [5.41, 5.74) is 1.83. The second-order valence-electron chi connectivity index (χ2n) is 7.38. The number of nitrogens with one attached hydrogen (secondary N) is 2. The summed E-state index contributed by atoms with van der Waals surface area (Å²) in [4.78, 5) is 11.0. The van der Waals surface area contributed by atoms with E-state index in [9.17, 15) is 22.7 Å². The van der Waals surface area contributed by atoms with Gasteiger partial charge < -0.3 is 5.11 Å². The summed E-state index contributed by atoms with van der Waals surface area (Å²) >= 11 is 5.94. The Balaban J connectivity index is 2.08. The Morgan fingerprint density at radius 2 is 2.00 bits per heavy atom. The van der Waals surface area contributed by atoms with E-state index < -0.39 is 40.2 Å². The summed E-state index contributed by atoms with van der Waals surface area (Å²) in [5.74, 6) is -2.43. The third-order valence-electron chi connectivity index (χ3n) is 5.26. The number of carboxylic acids is 1. The van der Waals surface area contributed by atoms with Gasteiger partial charge in [-0.15, -0.1) is 10.2 Å². The fourth-order valence-corrected chi connectivity index (χ4v) is 5.24. The van der Waals surface area contributed by atoms with Gasteiger partial charge in [-0.1, -0.05) is 29.8 Å². The minimum Gasteiger partial charge on any atom is -0.481 e. The fraction of sp³-hybridized carbons (Fsp3) is 0.300. The second kappa shape index (κ2) is 9.31. The highest BCUT2D eigenvalue weighted by atomic mass is 35.5. The van der Waals surface area contributed by atoms with Gasteiger partial charge in [0.1, 0.15) is 5.82 Å². The standard InChI is InChI=1S/C20H21ClFN5O4S/c1-10-4-6-15(22)18(11(10)2)12(3)19(20-23-26-27-24-20)25-32(30,31)16-7-5-14(21)8-13(16)9-17(28)29/h4-8,12,19,25H,9H2,1-3H3,(H,28,29)(H,23,24,26,27)/t12-,19+/m1/s1. The average molecular weight is 482 g/mol. The SMILES string of the molecule is Cc1ccc(F)c([C@@H](C)[C@H](NS(=O)(=O)c2ccc(Cl)cc2CC(=O)O)c2nn[nH]n2)c1C. The molecule has 0 fully saturated rings. The number of aromatic amines is 1. The predicted molar refractivity (Wildman–Crippen MR) is 114 cm³/mol. The number of aromatic nitrogens is 4. The lowest BCUT2D eigenvalue weighted by atomic mass is 9.88. The van der Waals surface area contributed by atoms with E-state index in [0.29, 0.717) is 11.1 Å². The van der Waals surface area contributed by atoms with E-state index in [1.54, 1.807) is 19.9 Å². The van der Waals surface area contributed by atoms with Crippen molar-refractivity contribution in [2.45, 2.75) is 44.0 Å². The number of carboxylic acid groups (broad SMARTS) is 1. The van der Waals surface area contributed by atoms with Gasteiger partial charge >= 0.3 is 5.97 Å². The zero-order valence-corrected chi connectivity index (χ0v) is 19.0. The number of sulfonamides is 1. The van der Waals surface area contributed by atoms with E-state index in [1.165, 1.54) is 24.3 Å². The van der Waals surface area contributed by atoms with Crippen molar-refractivity contribution < 1.29 is 22.7 Å². The highest BCUT2D eigenvalue weighted by Crippen LogP contribution is 2.35. The summed E-state index contributed by atoms with van der Waals surface area (Å²) in [6.07, 6.45) is -0.551. The largest absolute Gasteiger partial charge is 0.481 e. The van der Waals surface area contributed by atoms with Crippen molar-refractivity contribution in [3.63, 3.8) is 0 Å². The maximum absolute atomic E-state index is 14.8. The molecule has 0 radical (unpaired) electrons. The van der Waals surface area contributed by atoms with Gasteiger partial charge in [-0.2, -0.15) is 9.94 Å². The highest BCUT2D eigenvalue weighted by Gasteiger charge is 2.33. The molecule has 0 saturated carbocycles. The second-order valence-corrected chi connectivity index (χ2v) is 9.50. The molecule has 0 saturated heterocycles. The summed E-state index contributed by atoms with van der Waals surface area (Å²) in [6, 6.07) is 5.71. The first kappa shape index (κ1) is 23.8. The highest BCUT2D eigenvalue weighted by molar-refractivity contribution is 7.89. The van der Waals surface area contributed by atoms with Gasteiger partial charge in [0.05, 0.1) is 17.4 Å². The van der Waals surface area contributed by atoms with Crippen LogP contribution in [0.25, 0.3) is 0 Å². The van der Waals surface area contributed by atoms with Crippen LogP contribution < -0.4 is 4.72 Å². The Bertz CT molecular complexity index is 1250. The van der Waals surface area contributed by atoms with Crippen molar-refractivity contribution in [1.82, 2.24) is 25.3 Å². The van der Waals surface area contributed by atoms with Gasteiger partial charge in [0.25, 0.3) is 0 Å². The molecule has 0 aliphatic carbocycles. The molecule has 32 heavy (non-hydrogen) atoms. The number of aliphatic carboxylic acids is 1. The van der Waals surface area contributed by atoms with E-state index in [1.807, 2.05) is 6.92 Å². The molecule has 0 spiro atoms. The number of nitrogens with zero attached hydrogens (tertiary/aromatic N) is 3. The Morgan fingerprint density at radius 3 is 2.62 bits per heavy atom. The van der Waals surface area contributed by atoms with E-state index in [4.69, 9.17) is 11.6 Å². The third kappa shape index (κ3) is 4.95. The van der Waals surface area contributed by atoms with Crippen LogP contribution in [0.15, 0.2) is 35.2 Å². The quantitative estimate of drug-likeness (QED) is 0.449. The lowest BCUT2D eigenvalue weighted by molar-refractivity contribution is -0.136. The number of hydrogen-bond acceptors (Lipinski definition) is 6. The van der Waals surface area contributed by atoms with Crippen molar-refractivity contribution in [3.05, 3.63) is 69.2 Å². The van der Waals surface area contributed by atoms with E-state index in [0.717, 1.165) is 5.56 Å². The molecule has 9 nitrogen and oxygen atoms in total. The molecule has 12 heteroatoms. The van der Waals surface area contributed by atoms with Crippen molar-refractivity contribution in [3.8, 4) is 0 Å². The normalized spacial score (nSPS) is 13.7. The molecular formula is C20H21ClFN5O4S. The molecule has 0 bridgehead atoms. The van der Waals surface area contributed by atoms with Crippen LogP contribution >= 0.6 is 11.6 Å². The molecule has 0 amide bonds. The number of halogens is 2. The van der Waals surface area contributed by atoms with Gasteiger partial charge in [-0.25, -0.2) is 12.8 Å². The molecule has 2 aromatic carbocycles. The van der Waals surface area contributed by atoms with Gasteiger partial charge in [-0.3, -0.25) is 4.79 Å². The van der Waals surface area contributed by atoms with Gasteiger partial charge in [0.15, 0.2) is 5.82 Å². The van der Waals surface area contributed by atoms with Crippen molar-refractivity contribution in [2.24, 2.45) is 0 Å². The topological polar surface area (TPSA) is 138 Å². The predicted octanol–water partition coefficient (Wildman–Crippen LogP) is 3.06. The molecule has 170 valence electrons. The molecule has 3 aromatic rings. The van der Waals surface area contributed by atoms with Crippen molar-refractivity contribution in [2.75, 3.05) is 0 Å². The monoisotopic (exact) mass is 481 g/mol. The molecular weight excluding hydrogens is 461 g/mol. The lowest BCUT2D eigenvalue weighted by Crippen LogP contribution is -2.34. The fourth-order valence-electron chi connectivity index (χ4n) is 3.55. The van der Waals surface area contributed by atoms with Gasteiger partial charge in [0.2, 0.25) is 10.0 Å². The molecule has 3 N–H and O–H groups in total. The zero-order valence-electron chi connectivity index (χ0n) is 17.4. The maximum Gasteiger partial charge on any atom is 0.307 e. The van der Waals surface area contributed by atoms with E-state index in [2.05, 4.69) is 25.3 Å². The Labute approximate surface area is 189 Å². The molecule has 1 heterocycles. The van der Waals surface area contributed by atoms with Gasteiger partial charge in [0, 0.05) is 10.9 Å². The van der Waals surface area contributed by atoms with E-state index in [-0.39, 0.29) is 21.3 Å². The van der Waals surface area contributed by atoms with Crippen LogP contribution in [0.4, 0.5) is 4.39 Å². The smallest absolute Gasteiger partial charge is 0.307 e. The first-order valence-electron chi connectivity index (χ1n) is 9.52. The van der Waals surface area contributed by atoms with Crippen molar-refractivity contribution >= 4 is 27.6 Å². The molecule has 2 atom stereocenters. The molecule has 0 unspecified atom stereocenters. The first-order valence-corrected chi connectivity index (χ1v) is 11.4. The Kier molecular flexibility index (Phi) is 6.91. The summed E-state index contributed by atoms with van der Waals surface area (Å²) in [7, 11) is -4.28. The van der Waals surface area contributed by atoms with Crippen LogP contribution in [0, 0.1) is 19.7 Å². The minimum absolute atomic E-state index is 0.00920. The number of benzene rings is 2. The lowest BCUT2D eigenvalue weighted by Gasteiger charge is -2.25. The number of tetrazole rings is 1. The minimum atomic E-state index is -4.28. The molecule has 3 rings (SSSR count). The number of aryl methyl sites for hydroxylation is 1. The summed E-state index contributed by atoms with van der Waals surface area (Å²) in [6.45, 7) is 5.22. The average Bonchev–Trinajstić information content (AvgIpc) is 3.23. The van der Waals surface area contributed by atoms with Crippen LogP contribution in [0.1, 0.15) is 47.0 Å². The van der Waals surface area contributed by atoms with Crippen LogP contribution in [0.2, 0.25) is 5.02 Å². The van der Waals surface area contributed by atoms with Crippen LogP contribution in [-0.4, -0.2) is 40.1 Å². The molecule has 1 aromatic heterocycles. The maximum atomic E-state index is 14.8. The number of hydrogen-bond donors (Lipinski definition) is 3. The summed E-state index contributed by atoms with van der Waals surface area (Å²) in [5, 5.41) is 22.9.